The summed E-state index contributed by atoms with van der Waals surface area (Å²) in [6.07, 6.45) is -0.466. The highest BCUT2D eigenvalue weighted by atomic mass is 28.3. The molecule has 0 saturated carbocycles. The van der Waals surface area contributed by atoms with Gasteiger partial charge in [-0.05, 0) is 48.0 Å². The summed E-state index contributed by atoms with van der Waals surface area (Å²) in [5.41, 5.74) is 3.10. The first-order valence-electron chi connectivity index (χ1n) is 17.1. The smallest absolute Gasteiger partial charge is 0.269 e. The molecule has 0 bridgehead atoms. The highest BCUT2D eigenvalue weighted by molar-refractivity contribution is 6.91. The Balaban J connectivity index is 1.37. The van der Waals surface area contributed by atoms with Crippen molar-refractivity contribution in [2.75, 3.05) is 38.9 Å². The molecule has 0 fully saturated rings. The summed E-state index contributed by atoms with van der Waals surface area (Å²) >= 11 is 0. The Morgan fingerprint density at radius 2 is 1.70 bits per heavy atom. The van der Waals surface area contributed by atoms with Crippen LogP contribution >= 0.6 is 0 Å². The fourth-order valence-electron chi connectivity index (χ4n) is 7.44. The van der Waals surface area contributed by atoms with Crippen LogP contribution in [0, 0.1) is 5.92 Å². The van der Waals surface area contributed by atoms with E-state index < -0.39 is 8.07 Å². The maximum absolute atomic E-state index is 14.3. The van der Waals surface area contributed by atoms with Gasteiger partial charge in [0.25, 0.3) is 5.91 Å². The van der Waals surface area contributed by atoms with Gasteiger partial charge in [0.15, 0.2) is 6.61 Å². The fourth-order valence-corrected chi connectivity index (χ4v) is 10.8. The quantitative estimate of drug-likeness (QED) is 0.176. The summed E-state index contributed by atoms with van der Waals surface area (Å²) in [4.78, 5) is 30.9. The van der Waals surface area contributed by atoms with Gasteiger partial charge in [-0.2, -0.15) is 0 Å². The number of carbonyl (C=O) groups is 2. The summed E-state index contributed by atoms with van der Waals surface area (Å²) in [5.74, 6) is 1.77. The SMILES string of the molecule is COc1ccc([Si](C)(C)C(CC(=O)N(CCO)Cc2ccccc2)[C@H]2Oc3ccc(N4C(=O)COc5ccccc54)cc3[C@@H](OC)[C@@H]2C)cc1. The summed E-state index contributed by atoms with van der Waals surface area (Å²) in [6.45, 7) is 7.17. The van der Waals surface area contributed by atoms with Crippen molar-refractivity contribution in [2.24, 2.45) is 5.92 Å². The number of para-hydroxylation sites is 2. The Labute approximate surface area is 295 Å². The molecule has 50 heavy (non-hydrogen) atoms. The van der Waals surface area contributed by atoms with Crippen molar-refractivity contribution in [1.82, 2.24) is 4.90 Å². The van der Waals surface area contributed by atoms with E-state index in [0.717, 1.165) is 16.9 Å². The van der Waals surface area contributed by atoms with Gasteiger partial charge in [0.1, 0.15) is 23.4 Å². The van der Waals surface area contributed by atoms with Gasteiger partial charge in [0.05, 0.1) is 33.6 Å². The Kier molecular flexibility index (Phi) is 10.6. The van der Waals surface area contributed by atoms with E-state index >= 15 is 0 Å². The number of amides is 2. The zero-order valence-electron chi connectivity index (χ0n) is 29.4. The number of aliphatic hydroxyl groups is 1. The molecular weight excluding hydrogens is 649 g/mol. The molecule has 0 saturated heterocycles. The Morgan fingerprint density at radius 3 is 2.40 bits per heavy atom. The number of ether oxygens (including phenoxy) is 4. The van der Waals surface area contributed by atoms with Crippen LogP contribution in [0.1, 0.15) is 30.6 Å². The zero-order valence-corrected chi connectivity index (χ0v) is 30.4. The van der Waals surface area contributed by atoms with Crippen molar-refractivity contribution in [3.8, 4) is 17.2 Å². The minimum Gasteiger partial charge on any atom is -0.497 e. The number of benzene rings is 4. The molecular formula is C40H46N2O7Si. The Morgan fingerprint density at radius 1 is 0.980 bits per heavy atom. The van der Waals surface area contributed by atoms with Gasteiger partial charge in [-0.25, -0.2) is 0 Å². The van der Waals surface area contributed by atoms with Gasteiger partial charge in [0, 0.05) is 49.3 Å². The topological polar surface area (TPSA) is 97.8 Å². The average molecular weight is 695 g/mol. The van der Waals surface area contributed by atoms with Gasteiger partial charge in [0.2, 0.25) is 5.91 Å². The first-order valence-corrected chi connectivity index (χ1v) is 20.2. The molecule has 4 atom stereocenters. The summed E-state index contributed by atoms with van der Waals surface area (Å²) < 4.78 is 24.4. The second kappa shape index (κ2) is 15.1. The molecule has 0 aliphatic carbocycles. The lowest BCUT2D eigenvalue weighted by molar-refractivity contribution is -0.133. The summed E-state index contributed by atoms with van der Waals surface area (Å²) in [5, 5.41) is 11.2. The number of carbonyl (C=O) groups excluding carboxylic acids is 2. The fraction of sp³-hybridized carbons (Fsp3) is 0.350. The van der Waals surface area contributed by atoms with Gasteiger partial charge < -0.3 is 29.0 Å². The first-order chi connectivity index (χ1) is 24.2. The van der Waals surface area contributed by atoms with Crippen molar-refractivity contribution in [3.63, 3.8) is 0 Å². The predicted octanol–water partition coefficient (Wildman–Crippen LogP) is 6.23. The summed E-state index contributed by atoms with van der Waals surface area (Å²) in [7, 11) is 0.892. The molecule has 2 amide bonds. The predicted molar refractivity (Wildman–Crippen MR) is 196 cm³/mol. The second-order valence-corrected chi connectivity index (χ2v) is 18.4. The van der Waals surface area contributed by atoms with Crippen LogP contribution in [0.5, 0.6) is 17.2 Å². The maximum atomic E-state index is 14.3. The molecule has 1 unspecified atom stereocenters. The Hall–Kier alpha value is -4.64. The van der Waals surface area contributed by atoms with Crippen molar-refractivity contribution in [3.05, 3.63) is 108 Å². The molecule has 2 heterocycles. The van der Waals surface area contributed by atoms with E-state index in [0.29, 0.717) is 29.4 Å². The van der Waals surface area contributed by atoms with E-state index in [1.54, 1.807) is 24.0 Å². The molecule has 4 aromatic carbocycles. The second-order valence-electron chi connectivity index (χ2n) is 13.6. The van der Waals surface area contributed by atoms with Gasteiger partial charge in [-0.1, -0.05) is 79.8 Å². The van der Waals surface area contributed by atoms with Crippen LogP contribution in [0.25, 0.3) is 0 Å². The third kappa shape index (κ3) is 7.01. The number of aliphatic hydroxyl groups excluding tert-OH is 1. The van der Waals surface area contributed by atoms with E-state index in [-0.39, 0.29) is 61.7 Å². The zero-order chi connectivity index (χ0) is 35.4. The van der Waals surface area contributed by atoms with E-state index in [2.05, 4.69) is 32.2 Å². The molecule has 2 aliphatic rings. The lowest BCUT2D eigenvalue weighted by atomic mass is 9.86. The van der Waals surface area contributed by atoms with Gasteiger partial charge >= 0.3 is 0 Å². The highest BCUT2D eigenvalue weighted by Gasteiger charge is 2.48. The van der Waals surface area contributed by atoms with Crippen LogP contribution in [0.15, 0.2) is 97.1 Å². The van der Waals surface area contributed by atoms with Crippen molar-refractivity contribution < 1.29 is 33.6 Å². The van der Waals surface area contributed by atoms with Crippen LogP contribution in [0.3, 0.4) is 0 Å². The van der Waals surface area contributed by atoms with Gasteiger partial charge in [-0.15, -0.1) is 0 Å². The maximum Gasteiger partial charge on any atom is 0.269 e. The van der Waals surface area contributed by atoms with E-state index in [1.807, 2.05) is 84.9 Å². The number of fused-ring (bicyclic) bond motifs is 2. The van der Waals surface area contributed by atoms with Crippen molar-refractivity contribution in [2.45, 2.75) is 50.7 Å². The van der Waals surface area contributed by atoms with Crippen molar-refractivity contribution in [1.29, 1.82) is 0 Å². The number of methoxy groups -OCH3 is 2. The normalized spacial score (nSPS) is 19.0. The minimum absolute atomic E-state index is 0.0302. The average Bonchev–Trinajstić information content (AvgIpc) is 3.13. The van der Waals surface area contributed by atoms with Crippen LogP contribution in [0.2, 0.25) is 18.6 Å². The van der Waals surface area contributed by atoms with Crippen LogP contribution in [-0.4, -0.2) is 70.0 Å². The van der Waals surface area contributed by atoms with Crippen LogP contribution in [0.4, 0.5) is 11.4 Å². The highest BCUT2D eigenvalue weighted by Crippen LogP contribution is 2.49. The monoisotopic (exact) mass is 694 g/mol. The lowest BCUT2D eigenvalue weighted by Crippen LogP contribution is -2.55. The van der Waals surface area contributed by atoms with Crippen LogP contribution < -0.4 is 24.3 Å². The molecule has 0 radical (unpaired) electrons. The lowest BCUT2D eigenvalue weighted by Gasteiger charge is -2.46. The number of hydrogen-bond donors (Lipinski definition) is 1. The third-order valence-corrected chi connectivity index (χ3v) is 14.5. The van der Waals surface area contributed by atoms with E-state index in [1.165, 1.54) is 5.19 Å². The standard InChI is InChI=1S/C40H46N2O7Si/c1-27-39(47-3)32-23-29(42-33-13-9-10-14-35(33)48-26-38(42)45)15-20-34(32)49-40(27)36(50(4,5)31-18-16-30(46-2)17-19-31)24-37(44)41(21-22-43)25-28-11-7-6-8-12-28/h6-20,23,27,36,39-40,43H,21-22,24-26H2,1-5H3/t27-,36?,39-,40-/m0/s1. The van der Waals surface area contributed by atoms with E-state index in [4.69, 9.17) is 18.9 Å². The molecule has 2 aliphatic heterocycles. The molecule has 0 spiro atoms. The third-order valence-electron chi connectivity index (χ3n) is 10.3. The number of anilines is 2. The molecule has 4 aromatic rings. The Bertz CT molecular complexity index is 1800. The molecule has 1 N–H and O–H groups in total. The molecule has 9 nitrogen and oxygen atoms in total. The molecule has 10 heteroatoms. The number of rotatable bonds is 12. The van der Waals surface area contributed by atoms with E-state index in [9.17, 15) is 14.7 Å². The van der Waals surface area contributed by atoms with Gasteiger partial charge in [-0.3, -0.25) is 14.5 Å². The number of hydrogen-bond acceptors (Lipinski definition) is 7. The summed E-state index contributed by atoms with van der Waals surface area (Å²) in [6, 6.07) is 31.3. The first kappa shape index (κ1) is 35.2. The largest absolute Gasteiger partial charge is 0.497 e. The van der Waals surface area contributed by atoms with Crippen molar-refractivity contribution >= 4 is 36.4 Å². The molecule has 6 rings (SSSR count). The number of nitrogens with zero attached hydrogens (tertiary/aromatic N) is 2. The minimum atomic E-state index is -2.46. The molecule has 0 aromatic heterocycles. The van der Waals surface area contributed by atoms with Crippen LogP contribution in [-0.2, 0) is 20.9 Å². The molecule has 262 valence electrons.